The Morgan fingerprint density at radius 3 is 2.20 bits per heavy atom. The summed E-state index contributed by atoms with van der Waals surface area (Å²) in [6.45, 7) is 4.25. The van der Waals surface area contributed by atoms with E-state index < -0.39 is 5.97 Å². The molecule has 1 N–H and O–H groups in total. The van der Waals surface area contributed by atoms with Crippen LogP contribution < -0.4 is 0 Å². The Morgan fingerprint density at radius 1 is 1.04 bits per heavy atom. The van der Waals surface area contributed by atoms with E-state index >= 15 is 0 Å². The highest BCUT2D eigenvalue weighted by Crippen LogP contribution is 2.19. The Morgan fingerprint density at radius 2 is 1.64 bits per heavy atom. The molecule has 0 amide bonds. The van der Waals surface area contributed by atoms with Crippen molar-refractivity contribution in [2.45, 2.75) is 19.4 Å². The second-order valence-electron chi connectivity index (χ2n) is 5.86. The van der Waals surface area contributed by atoms with Gasteiger partial charge in [-0.1, -0.05) is 66.7 Å². The van der Waals surface area contributed by atoms with Gasteiger partial charge in [0.15, 0.2) is 5.69 Å². The largest absolute Gasteiger partial charge is 0.477 e. The smallest absolute Gasteiger partial charge is 0.354 e. The SMILES string of the molecule is C=CCc1nc(Cc2ccccc2)c(C(=O)O)n1Cc1ccccc1. The van der Waals surface area contributed by atoms with Gasteiger partial charge in [0, 0.05) is 19.4 Å². The van der Waals surface area contributed by atoms with Gasteiger partial charge in [-0.2, -0.15) is 0 Å². The number of carboxylic acid groups (broad SMARTS) is 1. The summed E-state index contributed by atoms with van der Waals surface area (Å²) in [4.78, 5) is 16.6. The average Bonchev–Trinajstić information content (AvgIpc) is 2.94. The van der Waals surface area contributed by atoms with Gasteiger partial charge in [0.2, 0.25) is 0 Å². The minimum atomic E-state index is -0.954. The van der Waals surface area contributed by atoms with E-state index in [0.717, 1.165) is 17.0 Å². The average molecular weight is 332 g/mol. The molecule has 25 heavy (non-hydrogen) atoms. The summed E-state index contributed by atoms with van der Waals surface area (Å²) in [6.07, 6.45) is 2.78. The zero-order valence-electron chi connectivity index (χ0n) is 13.9. The quantitative estimate of drug-likeness (QED) is 0.667. The molecule has 0 aliphatic heterocycles. The molecule has 0 saturated carbocycles. The normalized spacial score (nSPS) is 10.6. The van der Waals surface area contributed by atoms with Crippen LogP contribution in [0.4, 0.5) is 0 Å². The molecule has 4 nitrogen and oxygen atoms in total. The Balaban J connectivity index is 2.05. The number of aromatic carboxylic acids is 1. The van der Waals surface area contributed by atoms with E-state index in [-0.39, 0.29) is 5.69 Å². The first-order valence-electron chi connectivity index (χ1n) is 8.19. The van der Waals surface area contributed by atoms with Crippen LogP contribution in [-0.2, 0) is 19.4 Å². The summed E-state index contributed by atoms with van der Waals surface area (Å²) in [6, 6.07) is 19.6. The fourth-order valence-corrected chi connectivity index (χ4v) is 2.93. The highest BCUT2D eigenvalue weighted by atomic mass is 16.4. The molecule has 1 heterocycles. The van der Waals surface area contributed by atoms with Gasteiger partial charge in [-0.05, 0) is 11.1 Å². The number of hydrogen-bond donors (Lipinski definition) is 1. The first kappa shape index (κ1) is 16.7. The fourth-order valence-electron chi connectivity index (χ4n) is 2.93. The lowest BCUT2D eigenvalue weighted by Gasteiger charge is -2.10. The Kier molecular flexibility index (Phi) is 5.09. The lowest BCUT2D eigenvalue weighted by Crippen LogP contribution is -2.13. The number of hydrogen-bond acceptors (Lipinski definition) is 2. The van der Waals surface area contributed by atoms with Crippen LogP contribution >= 0.6 is 0 Å². The molecule has 0 saturated heterocycles. The topological polar surface area (TPSA) is 55.1 Å². The second-order valence-corrected chi connectivity index (χ2v) is 5.86. The Bertz CT molecular complexity index is 868. The van der Waals surface area contributed by atoms with E-state index in [1.54, 1.807) is 10.6 Å². The first-order valence-corrected chi connectivity index (χ1v) is 8.19. The minimum Gasteiger partial charge on any atom is -0.477 e. The van der Waals surface area contributed by atoms with E-state index in [0.29, 0.717) is 25.1 Å². The second kappa shape index (κ2) is 7.62. The third-order valence-electron chi connectivity index (χ3n) is 4.05. The number of allylic oxidation sites excluding steroid dienone is 1. The molecule has 0 fully saturated rings. The summed E-state index contributed by atoms with van der Waals surface area (Å²) < 4.78 is 1.79. The van der Waals surface area contributed by atoms with E-state index in [9.17, 15) is 9.90 Å². The van der Waals surface area contributed by atoms with E-state index in [4.69, 9.17) is 0 Å². The molecule has 3 rings (SSSR count). The number of rotatable bonds is 7. The zero-order chi connectivity index (χ0) is 17.6. The van der Waals surface area contributed by atoms with E-state index in [1.807, 2.05) is 60.7 Å². The number of carbonyl (C=O) groups is 1. The van der Waals surface area contributed by atoms with Crippen molar-refractivity contribution in [3.63, 3.8) is 0 Å². The highest BCUT2D eigenvalue weighted by molar-refractivity contribution is 5.87. The molecule has 126 valence electrons. The molecular weight excluding hydrogens is 312 g/mol. The third kappa shape index (κ3) is 3.86. The summed E-state index contributed by atoms with van der Waals surface area (Å²) in [5.74, 6) is -0.230. The lowest BCUT2D eigenvalue weighted by atomic mass is 10.1. The molecule has 0 radical (unpaired) electrons. The third-order valence-corrected chi connectivity index (χ3v) is 4.05. The molecule has 0 spiro atoms. The Labute approximate surface area is 147 Å². The first-order chi connectivity index (χ1) is 12.2. The van der Waals surface area contributed by atoms with Crippen molar-refractivity contribution in [2.24, 2.45) is 0 Å². The van der Waals surface area contributed by atoms with Crippen LogP contribution in [0.25, 0.3) is 0 Å². The summed E-state index contributed by atoms with van der Waals surface area (Å²) in [5, 5.41) is 9.80. The van der Waals surface area contributed by atoms with Crippen molar-refractivity contribution in [1.29, 1.82) is 0 Å². The van der Waals surface area contributed by atoms with Crippen molar-refractivity contribution in [2.75, 3.05) is 0 Å². The van der Waals surface area contributed by atoms with Crippen LogP contribution in [0.2, 0.25) is 0 Å². The maximum Gasteiger partial charge on any atom is 0.354 e. The van der Waals surface area contributed by atoms with Crippen LogP contribution in [0.15, 0.2) is 73.3 Å². The molecule has 3 aromatic rings. The Hall–Kier alpha value is -3.14. The van der Waals surface area contributed by atoms with E-state index in [2.05, 4.69) is 11.6 Å². The van der Waals surface area contributed by atoms with Crippen molar-refractivity contribution >= 4 is 5.97 Å². The molecule has 4 heteroatoms. The van der Waals surface area contributed by atoms with Gasteiger partial charge in [0.25, 0.3) is 0 Å². The monoisotopic (exact) mass is 332 g/mol. The fraction of sp³-hybridized carbons (Fsp3) is 0.143. The van der Waals surface area contributed by atoms with Gasteiger partial charge in [-0.25, -0.2) is 9.78 Å². The van der Waals surface area contributed by atoms with Gasteiger partial charge in [-0.15, -0.1) is 6.58 Å². The number of aromatic nitrogens is 2. The summed E-state index contributed by atoms with van der Waals surface area (Å²) >= 11 is 0. The molecule has 0 aliphatic carbocycles. The number of imidazole rings is 1. The van der Waals surface area contributed by atoms with Crippen molar-refractivity contribution < 1.29 is 9.90 Å². The number of benzene rings is 2. The van der Waals surface area contributed by atoms with Crippen molar-refractivity contribution in [3.05, 3.63) is 102 Å². The lowest BCUT2D eigenvalue weighted by molar-refractivity contribution is 0.0684. The van der Waals surface area contributed by atoms with Crippen LogP contribution in [-0.4, -0.2) is 20.6 Å². The predicted octanol–water partition coefficient (Wildman–Crippen LogP) is 3.95. The van der Waals surface area contributed by atoms with Crippen molar-refractivity contribution in [1.82, 2.24) is 9.55 Å². The van der Waals surface area contributed by atoms with Crippen LogP contribution in [0.5, 0.6) is 0 Å². The molecule has 0 unspecified atom stereocenters. The minimum absolute atomic E-state index is 0.254. The van der Waals surface area contributed by atoms with E-state index in [1.165, 1.54) is 0 Å². The molecule has 2 aromatic carbocycles. The molecule has 1 aromatic heterocycles. The molecule has 0 bridgehead atoms. The van der Waals surface area contributed by atoms with Gasteiger partial charge in [0.05, 0.1) is 5.69 Å². The van der Waals surface area contributed by atoms with Gasteiger partial charge >= 0.3 is 5.97 Å². The summed E-state index contributed by atoms with van der Waals surface area (Å²) in [5.41, 5.74) is 2.93. The van der Waals surface area contributed by atoms with Crippen LogP contribution in [0.3, 0.4) is 0 Å². The van der Waals surface area contributed by atoms with Crippen molar-refractivity contribution in [3.8, 4) is 0 Å². The molecular formula is C21H20N2O2. The maximum atomic E-state index is 12.0. The molecule has 0 aliphatic rings. The predicted molar refractivity (Wildman–Crippen MR) is 97.9 cm³/mol. The molecule has 0 atom stereocenters. The van der Waals surface area contributed by atoms with Crippen LogP contribution in [0, 0.1) is 0 Å². The van der Waals surface area contributed by atoms with Crippen LogP contribution in [0.1, 0.15) is 33.1 Å². The number of carboxylic acids is 1. The van der Waals surface area contributed by atoms with Gasteiger partial charge in [-0.3, -0.25) is 0 Å². The highest BCUT2D eigenvalue weighted by Gasteiger charge is 2.22. The standard InChI is InChI=1S/C21H20N2O2/c1-2-9-19-22-18(14-16-10-5-3-6-11-16)20(21(24)25)23(19)15-17-12-7-4-8-13-17/h2-8,10-13H,1,9,14-15H2,(H,24,25). The van der Waals surface area contributed by atoms with Gasteiger partial charge < -0.3 is 9.67 Å². The number of nitrogens with zero attached hydrogens (tertiary/aromatic N) is 2. The zero-order valence-corrected chi connectivity index (χ0v) is 13.9. The summed E-state index contributed by atoms with van der Waals surface area (Å²) in [7, 11) is 0. The maximum absolute atomic E-state index is 12.0. The van der Waals surface area contributed by atoms with Gasteiger partial charge in [0.1, 0.15) is 5.82 Å².